The van der Waals surface area contributed by atoms with Crippen molar-refractivity contribution in [2.75, 3.05) is 6.54 Å². The maximum Gasteiger partial charge on any atom is 0.116 e. The summed E-state index contributed by atoms with van der Waals surface area (Å²) in [6.07, 6.45) is 3.00. The zero-order chi connectivity index (χ0) is 11.7. The zero-order valence-corrected chi connectivity index (χ0v) is 9.83. The summed E-state index contributed by atoms with van der Waals surface area (Å²) < 4.78 is 2.22. The Morgan fingerprint density at radius 3 is 2.75 bits per heavy atom. The second kappa shape index (κ2) is 4.18. The van der Waals surface area contributed by atoms with Gasteiger partial charge in [0.25, 0.3) is 0 Å². The summed E-state index contributed by atoms with van der Waals surface area (Å²) >= 11 is 0. The third kappa shape index (κ3) is 1.67. The van der Waals surface area contributed by atoms with E-state index in [0.29, 0.717) is 12.3 Å². The van der Waals surface area contributed by atoms with Crippen LogP contribution in [0.4, 0.5) is 0 Å². The lowest BCUT2D eigenvalue weighted by Crippen LogP contribution is -2.02. The Morgan fingerprint density at radius 1 is 1.38 bits per heavy atom. The molecule has 86 valence electrons. The molecule has 0 saturated heterocycles. The van der Waals surface area contributed by atoms with Crippen LogP contribution in [0.15, 0.2) is 18.3 Å². The van der Waals surface area contributed by atoms with E-state index >= 15 is 0 Å². The average molecular weight is 218 g/mol. The number of phenolic OH excluding ortho intramolecular Hbond substituents is 1. The minimum absolute atomic E-state index is 0.331. The van der Waals surface area contributed by atoms with Crippen LogP contribution in [0.5, 0.6) is 5.75 Å². The molecule has 0 aliphatic rings. The number of hydrogen-bond acceptors (Lipinski definition) is 2. The number of fused-ring (bicyclic) bond motifs is 1. The molecule has 0 spiro atoms. The van der Waals surface area contributed by atoms with E-state index in [1.807, 2.05) is 13.0 Å². The SMILES string of the molecule is CCn1cc(CCN)c2cc(O)cc(C)c21. The van der Waals surface area contributed by atoms with Gasteiger partial charge < -0.3 is 15.4 Å². The van der Waals surface area contributed by atoms with Crippen molar-refractivity contribution in [2.24, 2.45) is 5.73 Å². The van der Waals surface area contributed by atoms with Gasteiger partial charge in [-0.25, -0.2) is 0 Å². The molecular formula is C13H18N2O. The molecule has 3 nitrogen and oxygen atoms in total. The van der Waals surface area contributed by atoms with Crippen molar-refractivity contribution in [3.63, 3.8) is 0 Å². The van der Waals surface area contributed by atoms with Crippen LogP contribution in [0, 0.1) is 6.92 Å². The van der Waals surface area contributed by atoms with E-state index in [1.165, 1.54) is 11.1 Å². The van der Waals surface area contributed by atoms with Gasteiger partial charge >= 0.3 is 0 Å². The first-order valence-corrected chi connectivity index (χ1v) is 5.68. The van der Waals surface area contributed by atoms with E-state index in [4.69, 9.17) is 5.73 Å². The zero-order valence-electron chi connectivity index (χ0n) is 9.83. The van der Waals surface area contributed by atoms with Gasteiger partial charge in [0.2, 0.25) is 0 Å². The van der Waals surface area contributed by atoms with Gasteiger partial charge in [-0.15, -0.1) is 0 Å². The van der Waals surface area contributed by atoms with Gasteiger partial charge in [0.05, 0.1) is 5.52 Å². The van der Waals surface area contributed by atoms with Crippen molar-refractivity contribution in [3.05, 3.63) is 29.5 Å². The van der Waals surface area contributed by atoms with E-state index in [0.717, 1.165) is 23.9 Å². The van der Waals surface area contributed by atoms with Crippen molar-refractivity contribution >= 4 is 10.9 Å². The van der Waals surface area contributed by atoms with E-state index < -0.39 is 0 Å². The van der Waals surface area contributed by atoms with Gasteiger partial charge in [0.1, 0.15) is 5.75 Å². The summed E-state index contributed by atoms with van der Waals surface area (Å²) in [5.74, 6) is 0.331. The van der Waals surface area contributed by atoms with Gasteiger partial charge in [0, 0.05) is 18.1 Å². The van der Waals surface area contributed by atoms with Crippen LogP contribution in [-0.2, 0) is 13.0 Å². The first-order valence-electron chi connectivity index (χ1n) is 5.68. The highest BCUT2D eigenvalue weighted by Crippen LogP contribution is 2.29. The number of aryl methyl sites for hydroxylation is 2. The fourth-order valence-electron chi connectivity index (χ4n) is 2.31. The predicted octanol–water partition coefficient (Wildman–Crippen LogP) is 2.18. The van der Waals surface area contributed by atoms with E-state index in [1.54, 1.807) is 6.07 Å². The molecule has 0 amide bonds. The third-order valence-electron chi connectivity index (χ3n) is 2.98. The van der Waals surface area contributed by atoms with E-state index in [9.17, 15) is 5.11 Å². The smallest absolute Gasteiger partial charge is 0.116 e. The molecular weight excluding hydrogens is 200 g/mol. The highest BCUT2D eigenvalue weighted by Gasteiger charge is 2.10. The summed E-state index contributed by atoms with van der Waals surface area (Å²) in [5.41, 5.74) is 9.15. The van der Waals surface area contributed by atoms with Gasteiger partial charge in [0.15, 0.2) is 0 Å². The Labute approximate surface area is 95.5 Å². The average Bonchev–Trinajstić information content (AvgIpc) is 2.57. The molecule has 0 aliphatic heterocycles. The van der Waals surface area contributed by atoms with Crippen LogP contribution in [0.1, 0.15) is 18.1 Å². The Balaban J connectivity index is 2.74. The lowest BCUT2D eigenvalue weighted by Gasteiger charge is -2.04. The number of aromatic hydroxyl groups is 1. The predicted molar refractivity (Wildman–Crippen MR) is 66.8 cm³/mol. The molecule has 2 aromatic rings. The Bertz CT molecular complexity index is 514. The highest BCUT2D eigenvalue weighted by molar-refractivity contribution is 5.88. The molecule has 0 radical (unpaired) electrons. The van der Waals surface area contributed by atoms with Gasteiger partial charge in [-0.2, -0.15) is 0 Å². The van der Waals surface area contributed by atoms with Crippen LogP contribution in [0.25, 0.3) is 10.9 Å². The van der Waals surface area contributed by atoms with E-state index in [-0.39, 0.29) is 0 Å². The molecule has 0 atom stereocenters. The summed E-state index contributed by atoms with van der Waals surface area (Å²) in [6, 6.07) is 3.64. The largest absolute Gasteiger partial charge is 0.508 e. The number of rotatable bonds is 3. The van der Waals surface area contributed by atoms with Gasteiger partial charge in [-0.05, 0) is 50.1 Å². The number of phenols is 1. The molecule has 0 unspecified atom stereocenters. The minimum atomic E-state index is 0.331. The van der Waals surface area contributed by atoms with Crippen LogP contribution in [-0.4, -0.2) is 16.2 Å². The molecule has 2 rings (SSSR count). The highest BCUT2D eigenvalue weighted by atomic mass is 16.3. The molecule has 1 aromatic carbocycles. The van der Waals surface area contributed by atoms with Crippen LogP contribution in [0.2, 0.25) is 0 Å². The Kier molecular flexibility index (Phi) is 2.88. The van der Waals surface area contributed by atoms with Crippen LogP contribution < -0.4 is 5.73 Å². The van der Waals surface area contributed by atoms with Crippen molar-refractivity contribution in [1.82, 2.24) is 4.57 Å². The number of hydrogen-bond donors (Lipinski definition) is 2. The number of nitrogens with two attached hydrogens (primary N) is 1. The molecule has 16 heavy (non-hydrogen) atoms. The van der Waals surface area contributed by atoms with Crippen LogP contribution in [0.3, 0.4) is 0 Å². The summed E-state index contributed by atoms with van der Waals surface area (Å²) in [7, 11) is 0. The first kappa shape index (κ1) is 11.0. The fourth-order valence-corrected chi connectivity index (χ4v) is 2.31. The fraction of sp³-hybridized carbons (Fsp3) is 0.385. The third-order valence-corrected chi connectivity index (χ3v) is 2.98. The molecule has 0 saturated carbocycles. The number of nitrogens with zero attached hydrogens (tertiary/aromatic N) is 1. The number of benzene rings is 1. The number of aromatic nitrogens is 1. The standard InChI is InChI=1S/C13H18N2O/c1-3-15-8-10(4-5-14)12-7-11(16)6-9(2)13(12)15/h6-8,16H,3-5,14H2,1-2H3. The lowest BCUT2D eigenvalue weighted by molar-refractivity contribution is 0.475. The molecule has 0 bridgehead atoms. The van der Waals surface area contributed by atoms with Gasteiger partial charge in [-0.1, -0.05) is 0 Å². The van der Waals surface area contributed by atoms with Crippen molar-refractivity contribution in [1.29, 1.82) is 0 Å². The monoisotopic (exact) mass is 218 g/mol. The lowest BCUT2D eigenvalue weighted by atomic mass is 10.1. The molecule has 1 aromatic heterocycles. The quantitative estimate of drug-likeness (QED) is 0.829. The van der Waals surface area contributed by atoms with Crippen molar-refractivity contribution in [2.45, 2.75) is 26.8 Å². The maximum atomic E-state index is 9.65. The second-order valence-electron chi connectivity index (χ2n) is 4.14. The maximum absolute atomic E-state index is 9.65. The van der Waals surface area contributed by atoms with Crippen molar-refractivity contribution < 1.29 is 5.11 Å². The molecule has 3 N–H and O–H groups in total. The van der Waals surface area contributed by atoms with Crippen molar-refractivity contribution in [3.8, 4) is 5.75 Å². The Morgan fingerprint density at radius 2 is 2.12 bits per heavy atom. The summed E-state index contributed by atoms with van der Waals surface area (Å²) in [5, 5.41) is 10.8. The second-order valence-corrected chi connectivity index (χ2v) is 4.14. The topological polar surface area (TPSA) is 51.2 Å². The minimum Gasteiger partial charge on any atom is -0.508 e. The van der Waals surface area contributed by atoms with Crippen LogP contribution >= 0.6 is 0 Å². The molecule has 0 aliphatic carbocycles. The van der Waals surface area contributed by atoms with Gasteiger partial charge in [-0.3, -0.25) is 0 Å². The summed E-state index contributed by atoms with van der Waals surface area (Å²) in [4.78, 5) is 0. The first-order chi connectivity index (χ1) is 7.67. The Hall–Kier alpha value is -1.48. The molecule has 1 heterocycles. The molecule has 0 fully saturated rings. The normalized spacial score (nSPS) is 11.2. The van der Waals surface area contributed by atoms with E-state index in [2.05, 4.69) is 17.7 Å². The summed E-state index contributed by atoms with van der Waals surface area (Å²) in [6.45, 7) is 5.72. The molecule has 3 heteroatoms.